The van der Waals surface area contributed by atoms with Gasteiger partial charge in [0.1, 0.15) is 16.4 Å². The number of hydrogen-bond acceptors (Lipinski definition) is 8. The first kappa shape index (κ1) is 15.9. The molecule has 136 valence electrons. The fourth-order valence-electron chi connectivity index (χ4n) is 3.07. The van der Waals surface area contributed by atoms with Crippen LogP contribution in [0.2, 0.25) is 0 Å². The van der Waals surface area contributed by atoms with E-state index in [-0.39, 0.29) is 16.8 Å². The van der Waals surface area contributed by atoms with Gasteiger partial charge in [0.2, 0.25) is 0 Å². The second kappa shape index (κ2) is 5.58. The van der Waals surface area contributed by atoms with Crippen molar-refractivity contribution in [2.45, 2.75) is 0 Å². The maximum atomic E-state index is 11.4. The third-order valence-corrected chi connectivity index (χ3v) is 4.29. The van der Waals surface area contributed by atoms with Crippen molar-refractivity contribution in [1.29, 1.82) is 0 Å². The summed E-state index contributed by atoms with van der Waals surface area (Å²) in [5, 5.41) is 23.4. The lowest BCUT2D eigenvalue weighted by Crippen LogP contribution is -2.18. The lowest BCUT2D eigenvalue weighted by Gasteiger charge is -2.17. The van der Waals surface area contributed by atoms with Crippen molar-refractivity contribution < 1.29 is 19.3 Å². The molecule has 10 heteroatoms. The lowest BCUT2D eigenvalue weighted by molar-refractivity contribution is -0.422. The van der Waals surface area contributed by atoms with Crippen molar-refractivity contribution in [3.63, 3.8) is 0 Å². The summed E-state index contributed by atoms with van der Waals surface area (Å²) in [4.78, 5) is 29.7. The quantitative estimate of drug-likeness (QED) is 0.342. The van der Waals surface area contributed by atoms with Gasteiger partial charge < -0.3 is 9.47 Å². The maximum absolute atomic E-state index is 11.4. The molecule has 0 spiro atoms. The van der Waals surface area contributed by atoms with Crippen LogP contribution >= 0.6 is 0 Å². The van der Waals surface area contributed by atoms with Crippen LogP contribution in [0.4, 0.5) is 22.7 Å². The molecule has 0 aromatic heterocycles. The summed E-state index contributed by atoms with van der Waals surface area (Å²) in [6, 6.07) is 12.7. The van der Waals surface area contributed by atoms with Gasteiger partial charge in [-0.05, 0) is 18.2 Å². The highest BCUT2D eigenvalue weighted by Gasteiger charge is 2.33. The van der Waals surface area contributed by atoms with Crippen LogP contribution in [0.3, 0.4) is 0 Å². The molecular weight excluding hydrogens is 368 g/mol. The first-order valence-corrected chi connectivity index (χ1v) is 8.03. The molecule has 0 unspecified atom stereocenters. The number of nitro benzene ring substituents is 2. The Labute approximate surface area is 155 Å². The second-order valence-electron chi connectivity index (χ2n) is 5.98. The van der Waals surface area contributed by atoms with E-state index < -0.39 is 21.2 Å². The molecule has 0 bridgehead atoms. The Morgan fingerprint density at radius 3 is 2.14 bits per heavy atom. The minimum atomic E-state index is -0.838. The van der Waals surface area contributed by atoms with Gasteiger partial charge in [-0.1, -0.05) is 12.1 Å². The zero-order valence-corrected chi connectivity index (χ0v) is 13.9. The molecule has 0 atom stereocenters. The van der Waals surface area contributed by atoms with Crippen molar-refractivity contribution in [3.05, 3.63) is 79.5 Å². The van der Waals surface area contributed by atoms with Gasteiger partial charge in [-0.25, -0.2) is 9.98 Å². The Kier molecular flexibility index (Phi) is 3.16. The Morgan fingerprint density at radius 2 is 1.43 bits per heavy atom. The molecule has 28 heavy (non-hydrogen) atoms. The average molecular weight is 376 g/mol. The Hall–Kier alpha value is -4.34. The summed E-state index contributed by atoms with van der Waals surface area (Å²) in [5.41, 5.74) is -0.923. The first-order valence-electron chi connectivity index (χ1n) is 8.03. The number of nitrogens with zero attached hydrogens (tertiary/aromatic N) is 4. The molecule has 0 saturated carbocycles. The van der Waals surface area contributed by atoms with E-state index in [1.165, 1.54) is 12.1 Å². The van der Waals surface area contributed by atoms with Crippen LogP contribution in [-0.2, 0) is 0 Å². The zero-order chi connectivity index (χ0) is 19.4. The summed E-state index contributed by atoms with van der Waals surface area (Å²) >= 11 is 0. The molecule has 3 aromatic rings. The van der Waals surface area contributed by atoms with Crippen molar-refractivity contribution in [2.75, 3.05) is 0 Å². The van der Waals surface area contributed by atoms with Crippen LogP contribution < -0.4 is 20.2 Å². The van der Waals surface area contributed by atoms with Gasteiger partial charge in [0.05, 0.1) is 9.85 Å². The summed E-state index contributed by atoms with van der Waals surface area (Å²) in [6.45, 7) is 0. The van der Waals surface area contributed by atoms with Gasteiger partial charge in [0.25, 0.3) is 0 Å². The fourth-order valence-corrected chi connectivity index (χ4v) is 3.07. The van der Waals surface area contributed by atoms with Gasteiger partial charge in [-0.3, -0.25) is 20.2 Å². The molecule has 5 rings (SSSR count). The first-order chi connectivity index (χ1) is 13.5. The standard InChI is InChI=1S/C18H8N4O6/c23-21(24)12-5-6-14-17(18(12)22(25)26)20-11-8-15-10(7-16(11)28-14)19-9-3-1-2-4-13(9)27-15/h1-8H. The Bertz CT molecular complexity index is 1330. The minimum absolute atomic E-state index is 0.0573. The van der Waals surface area contributed by atoms with E-state index in [0.29, 0.717) is 28.3 Å². The summed E-state index contributed by atoms with van der Waals surface area (Å²) in [7, 11) is 0. The van der Waals surface area contributed by atoms with Crippen molar-refractivity contribution in [3.8, 4) is 23.0 Å². The van der Waals surface area contributed by atoms with Gasteiger partial charge in [0, 0.05) is 18.2 Å². The zero-order valence-electron chi connectivity index (χ0n) is 13.9. The minimum Gasteiger partial charge on any atom is -0.453 e. The van der Waals surface area contributed by atoms with Crippen molar-refractivity contribution in [1.82, 2.24) is 0 Å². The largest absolute Gasteiger partial charge is 0.453 e. The molecule has 0 saturated heterocycles. The monoisotopic (exact) mass is 376 g/mol. The van der Waals surface area contributed by atoms with E-state index in [2.05, 4.69) is 9.98 Å². The highest BCUT2D eigenvalue weighted by molar-refractivity contribution is 5.76. The van der Waals surface area contributed by atoms with Crippen LogP contribution in [0.1, 0.15) is 0 Å². The number of para-hydroxylation sites is 2. The third-order valence-electron chi connectivity index (χ3n) is 4.29. The van der Waals surface area contributed by atoms with Gasteiger partial charge >= 0.3 is 11.4 Å². The third kappa shape index (κ3) is 2.28. The van der Waals surface area contributed by atoms with Crippen molar-refractivity contribution in [2.24, 2.45) is 9.98 Å². The molecule has 10 nitrogen and oxygen atoms in total. The van der Waals surface area contributed by atoms with E-state index in [0.717, 1.165) is 6.07 Å². The van der Waals surface area contributed by atoms with E-state index in [4.69, 9.17) is 9.47 Å². The smallest absolute Gasteiger partial charge is 0.375 e. The molecule has 2 aliphatic heterocycles. The van der Waals surface area contributed by atoms with Crippen LogP contribution in [-0.4, -0.2) is 9.85 Å². The number of fused-ring (bicyclic) bond motifs is 4. The number of nitro groups is 2. The van der Waals surface area contributed by atoms with Crippen LogP contribution in [0.25, 0.3) is 0 Å². The molecule has 2 heterocycles. The van der Waals surface area contributed by atoms with Crippen LogP contribution in [0, 0.1) is 20.2 Å². The average Bonchev–Trinajstić information content (AvgIpc) is 2.67. The fraction of sp³-hybridized carbons (Fsp3) is 0. The van der Waals surface area contributed by atoms with Crippen molar-refractivity contribution >= 4 is 22.7 Å². The summed E-state index contributed by atoms with van der Waals surface area (Å²) in [6.07, 6.45) is 0. The van der Waals surface area contributed by atoms with Gasteiger partial charge in [-0.15, -0.1) is 0 Å². The normalized spacial score (nSPS) is 12.6. The molecular formula is C18H8N4O6. The Balaban J connectivity index is 1.75. The molecule has 0 radical (unpaired) electrons. The number of hydrogen-bond donors (Lipinski definition) is 0. The van der Waals surface area contributed by atoms with E-state index >= 15 is 0 Å². The highest BCUT2D eigenvalue weighted by Crippen LogP contribution is 2.46. The lowest BCUT2D eigenvalue weighted by atomic mass is 10.1. The van der Waals surface area contributed by atoms with Gasteiger partial charge in [0.15, 0.2) is 28.7 Å². The topological polar surface area (TPSA) is 129 Å². The summed E-state index contributed by atoms with van der Waals surface area (Å²) in [5.74, 6) is 1.35. The van der Waals surface area contributed by atoms with E-state index in [1.54, 1.807) is 18.2 Å². The van der Waals surface area contributed by atoms with Crippen LogP contribution in [0.5, 0.6) is 23.0 Å². The number of rotatable bonds is 2. The summed E-state index contributed by atoms with van der Waals surface area (Å²) < 4.78 is 11.5. The molecule has 2 aliphatic rings. The van der Waals surface area contributed by atoms with E-state index in [1.807, 2.05) is 12.1 Å². The second-order valence-corrected chi connectivity index (χ2v) is 5.98. The predicted octanol–water partition coefficient (Wildman–Crippen LogP) is 3.62. The SMILES string of the molecule is O=[N+]([O-])c1ccc2c(c1[N+](=O)[O-])N=c1cc3c(cc1O2)=Nc1ccccc1O3. The number of benzene rings is 3. The molecule has 0 amide bonds. The van der Waals surface area contributed by atoms with Crippen LogP contribution in [0.15, 0.2) is 58.5 Å². The molecule has 3 aromatic carbocycles. The number of ether oxygens (including phenoxy) is 2. The van der Waals surface area contributed by atoms with E-state index in [9.17, 15) is 20.2 Å². The molecule has 0 N–H and O–H groups in total. The predicted molar refractivity (Wildman–Crippen MR) is 94.4 cm³/mol. The molecule has 0 fully saturated rings. The molecule has 0 aliphatic carbocycles. The maximum Gasteiger partial charge on any atom is 0.375 e. The Morgan fingerprint density at radius 1 is 0.750 bits per heavy atom. The van der Waals surface area contributed by atoms with Gasteiger partial charge in [-0.2, -0.15) is 0 Å². The highest BCUT2D eigenvalue weighted by atomic mass is 16.6.